The summed E-state index contributed by atoms with van der Waals surface area (Å²) < 4.78 is 11.7. The van der Waals surface area contributed by atoms with Gasteiger partial charge in [-0.15, -0.1) is 0 Å². The molecular formula is C23H26ClN3O4. The Morgan fingerprint density at radius 3 is 2.52 bits per heavy atom. The van der Waals surface area contributed by atoms with Gasteiger partial charge in [0.25, 0.3) is 5.91 Å². The fraction of sp³-hybridized carbons (Fsp3) is 0.391. The Morgan fingerprint density at radius 2 is 1.77 bits per heavy atom. The van der Waals surface area contributed by atoms with E-state index in [-0.39, 0.29) is 18.4 Å². The first-order valence-electron chi connectivity index (χ1n) is 10.4. The third-order valence-corrected chi connectivity index (χ3v) is 5.93. The highest BCUT2D eigenvalue weighted by molar-refractivity contribution is 6.32. The smallest absolute Gasteiger partial charge is 0.265 e. The number of ether oxygens (including phenoxy) is 2. The quantitative estimate of drug-likeness (QED) is 0.711. The first kappa shape index (κ1) is 21.5. The van der Waals surface area contributed by atoms with E-state index in [2.05, 4.69) is 4.90 Å². The topological polar surface area (TPSA) is 62.3 Å². The number of amides is 2. The van der Waals surface area contributed by atoms with E-state index in [0.717, 1.165) is 19.6 Å². The van der Waals surface area contributed by atoms with Gasteiger partial charge in [-0.2, -0.15) is 0 Å². The van der Waals surface area contributed by atoms with Gasteiger partial charge >= 0.3 is 0 Å². The molecule has 1 saturated heterocycles. The van der Waals surface area contributed by atoms with Crippen molar-refractivity contribution in [1.29, 1.82) is 0 Å². The standard InChI is InChI=1S/C23H26ClN3O4/c1-17(28)27-16-22(31-21-9-5-3-7-19(21)27)23(29)26-12-10-25(11-13-26)14-15-30-20-8-4-2-6-18(20)24/h2-9,22H,10-16H2,1H3. The highest BCUT2D eigenvalue weighted by Crippen LogP contribution is 2.33. The van der Waals surface area contributed by atoms with Crippen molar-refractivity contribution in [3.05, 3.63) is 53.6 Å². The number of para-hydroxylation sites is 3. The summed E-state index contributed by atoms with van der Waals surface area (Å²) in [4.78, 5) is 30.9. The lowest BCUT2D eigenvalue weighted by Crippen LogP contribution is -2.56. The summed E-state index contributed by atoms with van der Waals surface area (Å²) in [6, 6.07) is 14.7. The molecule has 2 aliphatic heterocycles. The normalized spacial score (nSPS) is 18.8. The minimum absolute atomic E-state index is 0.0762. The fourth-order valence-electron chi connectivity index (χ4n) is 3.90. The number of benzene rings is 2. The molecule has 164 valence electrons. The van der Waals surface area contributed by atoms with Gasteiger partial charge in [0, 0.05) is 39.6 Å². The van der Waals surface area contributed by atoms with Gasteiger partial charge in [0.15, 0.2) is 6.10 Å². The van der Waals surface area contributed by atoms with E-state index in [0.29, 0.717) is 41.9 Å². The van der Waals surface area contributed by atoms with Crippen molar-refractivity contribution >= 4 is 29.1 Å². The van der Waals surface area contributed by atoms with Crippen LogP contribution >= 0.6 is 11.6 Å². The first-order valence-corrected chi connectivity index (χ1v) is 10.8. The summed E-state index contributed by atoms with van der Waals surface area (Å²) in [5, 5.41) is 0.603. The average molecular weight is 444 g/mol. The maximum atomic E-state index is 13.1. The molecule has 31 heavy (non-hydrogen) atoms. The number of halogens is 1. The maximum absolute atomic E-state index is 13.1. The van der Waals surface area contributed by atoms with Crippen LogP contribution in [0.4, 0.5) is 5.69 Å². The number of fused-ring (bicyclic) bond motifs is 1. The number of nitrogens with zero attached hydrogens (tertiary/aromatic N) is 3. The molecule has 0 radical (unpaired) electrons. The second-order valence-corrected chi connectivity index (χ2v) is 8.06. The number of anilines is 1. The summed E-state index contributed by atoms with van der Waals surface area (Å²) in [7, 11) is 0. The number of carbonyl (C=O) groups is 2. The first-order chi connectivity index (χ1) is 15.0. The maximum Gasteiger partial charge on any atom is 0.265 e. The van der Waals surface area contributed by atoms with E-state index in [4.69, 9.17) is 21.1 Å². The van der Waals surface area contributed by atoms with Gasteiger partial charge in [0.05, 0.1) is 17.3 Å². The Bertz CT molecular complexity index is 946. The van der Waals surface area contributed by atoms with Crippen LogP contribution in [0.3, 0.4) is 0 Å². The molecule has 1 unspecified atom stereocenters. The molecule has 2 amide bonds. The molecule has 0 aliphatic carbocycles. The number of rotatable bonds is 5. The summed E-state index contributed by atoms with van der Waals surface area (Å²) in [6.07, 6.45) is -0.686. The Labute approximate surface area is 187 Å². The van der Waals surface area contributed by atoms with Crippen molar-refractivity contribution in [2.45, 2.75) is 13.0 Å². The molecule has 7 nitrogen and oxygen atoms in total. The number of carbonyl (C=O) groups excluding carboxylic acids is 2. The Kier molecular flexibility index (Phi) is 6.63. The Balaban J connectivity index is 1.28. The Morgan fingerprint density at radius 1 is 1.06 bits per heavy atom. The summed E-state index contributed by atoms with van der Waals surface area (Å²) in [5.74, 6) is 1.07. The van der Waals surface area contributed by atoms with E-state index in [1.807, 2.05) is 41.3 Å². The lowest BCUT2D eigenvalue weighted by molar-refractivity contribution is -0.140. The number of hydrogen-bond donors (Lipinski definition) is 0. The van der Waals surface area contributed by atoms with Gasteiger partial charge in [0.2, 0.25) is 5.91 Å². The number of piperazine rings is 1. The molecule has 2 aromatic rings. The molecular weight excluding hydrogens is 418 g/mol. The van der Waals surface area contributed by atoms with Crippen molar-refractivity contribution in [3.63, 3.8) is 0 Å². The molecule has 2 heterocycles. The van der Waals surface area contributed by atoms with Gasteiger partial charge in [-0.05, 0) is 24.3 Å². The summed E-state index contributed by atoms with van der Waals surface area (Å²) >= 11 is 6.12. The molecule has 1 fully saturated rings. The predicted molar refractivity (Wildman–Crippen MR) is 119 cm³/mol. The van der Waals surface area contributed by atoms with Crippen LogP contribution in [0.5, 0.6) is 11.5 Å². The molecule has 2 aliphatic rings. The molecule has 8 heteroatoms. The van der Waals surface area contributed by atoms with Gasteiger partial charge in [0.1, 0.15) is 18.1 Å². The molecule has 0 N–H and O–H groups in total. The molecule has 0 bridgehead atoms. The zero-order valence-corrected chi connectivity index (χ0v) is 18.3. The molecule has 0 saturated carbocycles. The SMILES string of the molecule is CC(=O)N1CC(C(=O)N2CCN(CCOc3ccccc3Cl)CC2)Oc2ccccc21. The number of hydrogen-bond acceptors (Lipinski definition) is 5. The molecule has 2 aromatic carbocycles. The third-order valence-electron chi connectivity index (χ3n) is 5.61. The largest absolute Gasteiger partial charge is 0.491 e. The van der Waals surface area contributed by atoms with Gasteiger partial charge < -0.3 is 19.3 Å². The monoisotopic (exact) mass is 443 g/mol. The second-order valence-electron chi connectivity index (χ2n) is 7.65. The van der Waals surface area contributed by atoms with Crippen molar-refractivity contribution in [1.82, 2.24) is 9.80 Å². The second kappa shape index (κ2) is 9.58. The molecule has 0 aromatic heterocycles. The van der Waals surface area contributed by atoms with E-state index < -0.39 is 6.10 Å². The van der Waals surface area contributed by atoms with Crippen LogP contribution in [-0.2, 0) is 9.59 Å². The lowest BCUT2D eigenvalue weighted by Gasteiger charge is -2.39. The van der Waals surface area contributed by atoms with Crippen LogP contribution in [-0.4, -0.2) is 73.6 Å². The average Bonchev–Trinajstić information content (AvgIpc) is 2.79. The minimum atomic E-state index is -0.686. The van der Waals surface area contributed by atoms with Crippen molar-refractivity contribution in [2.75, 3.05) is 50.8 Å². The zero-order chi connectivity index (χ0) is 21.8. The third kappa shape index (κ3) is 4.94. The minimum Gasteiger partial charge on any atom is -0.491 e. The van der Waals surface area contributed by atoms with Crippen molar-refractivity contribution in [3.8, 4) is 11.5 Å². The highest BCUT2D eigenvalue weighted by Gasteiger charge is 2.35. The Hall–Kier alpha value is -2.77. The van der Waals surface area contributed by atoms with Crippen LogP contribution in [0.25, 0.3) is 0 Å². The van der Waals surface area contributed by atoms with Gasteiger partial charge in [-0.25, -0.2) is 0 Å². The molecule has 4 rings (SSSR count). The van der Waals surface area contributed by atoms with Crippen LogP contribution in [0, 0.1) is 0 Å². The lowest BCUT2D eigenvalue weighted by atomic mass is 10.1. The van der Waals surface area contributed by atoms with Crippen molar-refractivity contribution in [2.24, 2.45) is 0 Å². The fourth-order valence-corrected chi connectivity index (χ4v) is 4.09. The zero-order valence-electron chi connectivity index (χ0n) is 17.5. The van der Waals surface area contributed by atoms with Crippen LogP contribution in [0.1, 0.15) is 6.92 Å². The van der Waals surface area contributed by atoms with E-state index in [1.165, 1.54) is 6.92 Å². The van der Waals surface area contributed by atoms with E-state index in [1.54, 1.807) is 17.0 Å². The molecule has 1 atom stereocenters. The van der Waals surface area contributed by atoms with Gasteiger partial charge in [-0.1, -0.05) is 35.9 Å². The van der Waals surface area contributed by atoms with Crippen molar-refractivity contribution < 1.29 is 19.1 Å². The van der Waals surface area contributed by atoms with Crippen LogP contribution < -0.4 is 14.4 Å². The predicted octanol–water partition coefficient (Wildman–Crippen LogP) is 2.68. The highest BCUT2D eigenvalue weighted by atomic mass is 35.5. The van der Waals surface area contributed by atoms with Crippen LogP contribution in [0.2, 0.25) is 5.02 Å². The van der Waals surface area contributed by atoms with E-state index in [9.17, 15) is 9.59 Å². The van der Waals surface area contributed by atoms with Crippen LogP contribution in [0.15, 0.2) is 48.5 Å². The van der Waals surface area contributed by atoms with E-state index >= 15 is 0 Å². The molecule has 0 spiro atoms. The summed E-state index contributed by atoms with van der Waals surface area (Å²) in [6.45, 7) is 5.80. The van der Waals surface area contributed by atoms with Gasteiger partial charge in [-0.3, -0.25) is 14.5 Å². The summed E-state index contributed by atoms with van der Waals surface area (Å²) in [5.41, 5.74) is 0.711.